The molecule has 0 amide bonds. The quantitative estimate of drug-likeness (QED) is 0.771. The summed E-state index contributed by atoms with van der Waals surface area (Å²) in [5.74, 6) is 0. The highest BCUT2D eigenvalue weighted by Gasteiger charge is 2.19. The summed E-state index contributed by atoms with van der Waals surface area (Å²) >= 11 is 2.37. The largest absolute Gasteiger partial charge is 0.316 e. The van der Waals surface area contributed by atoms with Gasteiger partial charge in [0.2, 0.25) is 0 Å². The first-order valence-corrected chi connectivity index (χ1v) is 5.32. The van der Waals surface area contributed by atoms with Crippen LogP contribution in [0.1, 0.15) is 11.1 Å². The number of benzene rings is 1. The molecular formula is C10H12IN. The normalized spacial score (nSPS) is 21.0. The molecule has 0 radical (unpaired) electrons. The van der Waals surface area contributed by atoms with Gasteiger partial charge in [-0.05, 0) is 65.7 Å². The molecule has 2 rings (SSSR count). The van der Waals surface area contributed by atoms with Gasteiger partial charge in [0, 0.05) is 9.61 Å². The first-order valence-electron chi connectivity index (χ1n) is 4.24. The van der Waals surface area contributed by atoms with Crippen molar-refractivity contribution in [2.45, 2.75) is 18.9 Å². The summed E-state index contributed by atoms with van der Waals surface area (Å²) in [5.41, 5.74) is 3.05. The fraction of sp³-hybridized carbons (Fsp3) is 0.400. The highest BCUT2D eigenvalue weighted by Crippen LogP contribution is 2.23. The molecule has 0 heterocycles. The molecule has 1 aliphatic rings. The molecule has 64 valence electrons. The Balaban J connectivity index is 2.30. The second-order valence-electron chi connectivity index (χ2n) is 3.31. The minimum atomic E-state index is 0.665. The Labute approximate surface area is 86.7 Å². The summed E-state index contributed by atoms with van der Waals surface area (Å²) < 4.78 is 1.35. The van der Waals surface area contributed by atoms with Gasteiger partial charge in [-0.1, -0.05) is 6.07 Å². The zero-order valence-electron chi connectivity index (χ0n) is 7.10. The topological polar surface area (TPSA) is 12.0 Å². The second-order valence-corrected chi connectivity index (χ2v) is 4.55. The molecule has 0 saturated heterocycles. The highest BCUT2D eigenvalue weighted by molar-refractivity contribution is 14.1. The number of hydrogen-bond donors (Lipinski definition) is 1. The number of likely N-dealkylation sites (N-methyl/N-ethyl adjacent to an activating group) is 1. The standard InChI is InChI=1S/C10H12IN/c1-12-10-5-7-2-3-9(11)4-8(7)6-10/h2-4,10,12H,5-6H2,1H3/t10-/m1/s1. The van der Waals surface area contributed by atoms with E-state index in [0.29, 0.717) is 6.04 Å². The maximum Gasteiger partial charge on any atom is 0.0145 e. The molecule has 1 aromatic rings. The fourth-order valence-electron chi connectivity index (χ4n) is 1.79. The predicted octanol–water partition coefficient (Wildman–Crippen LogP) is 1.98. The minimum Gasteiger partial charge on any atom is -0.316 e. The Bertz CT molecular complexity index is 296. The Kier molecular flexibility index (Phi) is 2.37. The van der Waals surface area contributed by atoms with Crippen LogP contribution in [0, 0.1) is 3.57 Å². The Morgan fingerprint density at radius 1 is 1.33 bits per heavy atom. The van der Waals surface area contributed by atoms with Gasteiger partial charge in [-0.3, -0.25) is 0 Å². The lowest BCUT2D eigenvalue weighted by Gasteiger charge is -2.04. The number of halogens is 1. The Morgan fingerprint density at radius 3 is 2.83 bits per heavy atom. The zero-order chi connectivity index (χ0) is 8.55. The van der Waals surface area contributed by atoms with Crippen LogP contribution in [-0.4, -0.2) is 13.1 Å². The van der Waals surface area contributed by atoms with Gasteiger partial charge in [0.1, 0.15) is 0 Å². The molecular weight excluding hydrogens is 261 g/mol. The lowest BCUT2D eigenvalue weighted by molar-refractivity contribution is 0.593. The molecule has 0 spiro atoms. The molecule has 12 heavy (non-hydrogen) atoms. The van der Waals surface area contributed by atoms with Crippen molar-refractivity contribution in [2.24, 2.45) is 0 Å². The van der Waals surface area contributed by atoms with E-state index < -0.39 is 0 Å². The van der Waals surface area contributed by atoms with Crippen LogP contribution in [0.15, 0.2) is 18.2 Å². The van der Waals surface area contributed by atoms with Crippen LogP contribution in [-0.2, 0) is 12.8 Å². The first kappa shape index (κ1) is 8.51. The first-order chi connectivity index (χ1) is 5.79. The molecule has 0 aliphatic heterocycles. The Hall–Kier alpha value is -0.0900. The van der Waals surface area contributed by atoms with E-state index in [1.165, 1.54) is 27.5 Å². The molecule has 1 atom stereocenters. The smallest absolute Gasteiger partial charge is 0.0145 e. The molecule has 0 aromatic heterocycles. The van der Waals surface area contributed by atoms with Gasteiger partial charge in [-0.25, -0.2) is 0 Å². The molecule has 0 bridgehead atoms. The van der Waals surface area contributed by atoms with Crippen LogP contribution >= 0.6 is 22.6 Å². The van der Waals surface area contributed by atoms with Crippen LogP contribution in [0.3, 0.4) is 0 Å². The number of nitrogens with one attached hydrogen (secondary N) is 1. The molecule has 0 fully saturated rings. The summed E-state index contributed by atoms with van der Waals surface area (Å²) in [5, 5.41) is 3.33. The van der Waals surface area contributed by atoms with Gasteiger partial charge in [0.15, 0.2) is 0 Å². The van der Waals surface area contributed by atoms with Crippen LogP contribution in [0.4, 0.5) is 0 Å². The summed E-state index contributed by atoms with van der Waals surface area (Å²) in [7, 11) is 2.04. The zero-order valence-corrected chi connectivity index (χ0v) is 9.26. The third-order valence-electron chi connectivity index (χ3n) is 2.51. The summed E-state index contributed by atoms with van der Waals surface area (Å²) in [6, 6.07) is 7.41. The summed E-state index contributed by atoms with van der Waals surface area (Å²) in [4.78, 5) is 0. The Morgan fingerprint density at radius 2 is 2.08 bits per heavy atom. The van der Waals surface area contributed by atoms with Crippen molar-refractivity contribution in [1.82, 2.24) is 5.32 Å². The number of hydrogen-bond acceptors (Lipinski definition) is 1. The maximum atomic E-state index is 3.33. The van der Waals surface area contributed by atoms with Crippen molar-refractivity contribution in [2.75, 3.05) is 7.05 Å². The van der Waals surface area contributed by atoms with Crippen LogP contribution in [0.5, 0.6) is 0 Å². The molecule has 0 unspecified atom stereocenters. The number of rotatable bonds is 1. The fourth-order valence-corrected chi connectivity index (χ4v) is 2.35. The van der Waals surface area contributed by atoms with Crippen molar-refractivity contribution in [3.05, 3.63) is 32.9 Å². The molecule has 1 N–H and O–H groups in total. The molecule has 1 nitrogen and oxygen atoms in total. The second kappa shape index (κ2) is 3.34. The van der Waals surface area contributed by atoms with E-state index in [1.807, 2.05) is 7.05 Å². The molecule has 2 heteroatoms. The highest BCUT2D eigenvalue weighted by atomic mass is 127. The lowest BCUT2D eigenvalue weighted by Crippen LogP contribution is -2.24. The predicted molar refractivity (Wildman–Crippen MR) is 59.4 cm³/mol. The van der Waals surface area contributed by atoms with Crippen LogP contribution in [0.2, 0.25) is 0 Å². The van der Waals surface area contributed by atoms with E-state index in [2.05, 4.69) is 46.1 Å². The lowest BCUT2D eigenvalue weighted by atomic mass is 10.1. The van der Waals surface area contributed by atoms with Gasteiger partial charge in [0.25, 0.3) is 0 Å². The van der Waals surface area contributed by atoms with Gasteiger partial charge in [-0.15, -0.1) is 0 Å². The van der Waals surface area contributed by atoms with E-state index >= 15 is 0 Å². The summed E-state index contributed by atoms with van der Waals surface area (Å²) in [6.45, 7) is 0. The average Bonchev–Trinajstić information content (AvgIpc) is 2.46. The van der Waals surface area contributed by atoms with Crippen molar-refractivity contribution in [3.63, 3.8) is 0 Å². The van der Waals surface area contributed by atoms with Crippen molar-refractivity contribution in [3.8, 4) is 0 Å². The van der Waals surface area contributed by atoms with E-state index in [1.54, 1.807) is 0 Å². The van der Waals surface area contributed by atoms with E-state index in [0.717, 1.165) is 0 Å². The number of fused-ring (bicyclic) bond motifs is 1. The van der Waals surface area contributed by atoms with Crippen molar-refractivity contribution < 1.29 is 0 Å². The maximum absolute atomic E-state index is 3.33. The molecule has 1 aromatic carbocycles. The van der Waals surface area contributed by atoms with E-state index in [9.17, 15) is 0 Å². The van der Waals surface area contributed by atoms with Gasteiger partial charge in [-0.2, -0.15) is 0 Å². The van der Waals surface area contributed by atoms with E-state index in [4.69, 9.17) is 0 Å². The van der Waals surface area contributed by atoms with E-state index in [-0.39, 0.29) is 0 Å². The van der Waals surface area contributed by atoms with Crippen molar-refractivity contribution >= 4 is 22.6 Å². The summed E-state index contributed by atoms with van der Waals surface area (Å²) in [6.07, 6.45) is 2.39. The van der Waals surface area contributed by atoms with Gasteiger partial charge in [0.05, 0.1) is 0 Å². The average molecular weight is 273 g/mol. The molecule has 1 aliphatic carbocycles. The van der Waals surface area contributed by atoms with Gasteiger partial charge < -0.3 is 5.32 Å². The third-order valence-corrected chi connectivity index (χ3v) is 3.18. The molecule has 0 saturated carbocycles. The van der Waals surface area contributed by atoms with Gasteiger partial charge >= 0.3 is 0 Å². The third kappa shape index (κ3) is 1.50. The van der Waals surface area contributed by atoms with Crippen molar-refractivity contribution in [1.29, 1.82) is 0 Å². The van der Waals surface area contributed by atoms with Crippen LogP contribution < -0.4 is 5.32 Å². The monoisotopic (exact) mass is 273 g/mol. The SMILES string of the molecule is CN[C@@H]1Cc2ccc(I)cc2C1. The van der Waals surface area contributed by atoms with Crippen LogP contribution in [0.25, 0.3) is 0 Å². The minimum absolute atomic E-state index is 0.665.